The van der Waals surface area contributed by atoms with Crippen molar-refractivity contribution in [2.45, 2.75) is 18.9 Å². The van der Waals surface area contributed by atoms with E-state index in [0.29, 0.717) is 18.8 Å². The molecule has 1 aromatic carbocycles. The summed E-state index contributed by atoms with van der Waals surface area (Å²) in [5, 5.41) is 6.94. The molecule has 0 radical (unpaired) electrons. The summed E-state index contributed by atoms with van der Waals surface area (Å²) in [5.41, 5.74) is 3.06. The summed E-state index contributed by atoms with van der Waals surface area (Å²) >= 11 is 1.60. The molecule has 0 fully saturated rings. The van der Waals surface area contributed by atoms with Crippen LogP contribution in [0.1, 0.15) is 11.1 Å². The molecule has 0 spiro atoms. The molecule has 4 rings (SSSR count). The van der Waals surface area contributed by atoms with Gasteiger partial charge in [-0.25, -0.2) is 9.97 Å². The van der Waals surface area contributed by atoms with Gasteiger partial charge >= 0.3 is 0 Å². The van der Waals surface area contributed by atoms with Gasteiger partial charge in [0.1, 0.15) is 11.9 Å². The zero-order valence-electron chi connectivity index (χ0n) is 13.5. The lowest BCUT2D eigenvalue weighted by Gasteiger charge is -2.13. The number of para-hydroxylation sites is 1. The Bertz CT molecular complexity index is 866. The second kappa shape index (κ2) is 7.03. The Balaban J connectivity index is 1.41. The number of nitrogens with zero attached hydrogens (tertiary/aromatic N) is 2. The highest BCUT2D eigenvalue weighted by Gasteiger charge is 2.26. The number of benzene rings is 1. The summed E-state index contributed by atoms with van der Waals surface area (Å²) < 4.78 is 6.09. The topological polar surface area (TPSA) is 64.1 Å². The molecule has 1 amide bonds. The van der Waals surface area contributed by atoms with Crippen molar-refractivity contribution in [3.63, 3.8) is 0 Å². The number of aromatic nitrogens is 2. The first-order valence-corrected chi connectivity index (χ1v) is 9.07. The van der Waals surface area contributed by atoms with E-state index in [9.17, 15) is 4.79 Å². The Labute approximate surface area is 149 Å². The van der Waals surface area contributed by atoms with E-state index >= 15 is 0 Å². The van der Waals surface area contributed by atoms with Gasteiger partial charge in [-0.1, -0.05) is 12.1 Å². The maximum Gasteiger partial charge on any atom is 0.224 e. The van der Waals surface area contributed by atoms with Crippen LogP contribution in [0.4, 0.5) is 0 Å². The van der Waals surface area contributed by atoms with Crippen molar-refractivity contribution in [3.05, 3.63) is 64.6 Å². The van der Waals surface area contributed by atoms with Gasteiger partial charge in [-0.05, 0) is 40.1 Å². The van der Waals surface area contributed by atoms with Crippen LogP contribution in [0.25, 0.3) is 11.4 Å². The van der Waals surface area contributed by atoms with Crippen LogP contribution < -0.4 is 10.1 Å². The fourth-order valence-corrected chi connectivity index (χ4v) is 3.60. The number of carbonyl (C=O) groups is 1. The number of fused-ring (bicyclic) bond motifs is 1. The van der Waals surface area contributed by atoms with E-state index in [2.05, 4.69) is 21.4 Å². The summed E-state index contributed by atoms with van der Waals surface area (Å²) in [4.78, 5) is 20.7. The number of hydrogen-bond donors (Lipinski definition) is 1. The van der Waals surface area contributed by atoms with Gasteiger partial charge in [0.15, 0.2) is 5.82 Å². The monoisotopic (exact) mass is 351 g/mol. The van der Waals surface area contributed by atoms with Gasteiger partial charge in [-0.2, -0.15) is 11.3 Å². The molecule has 0 aliphatic carbocycles. The summed E-state index contributed by atoms with van der Waals surface area (Å²) in [6.07, 6.45) is 4.56. The van der Waals surface area contributed by atoms with E-state index in [1.165, 1.54) is 0 Å². The lowest BCUT2D eigenvalue weighted by molar-refractivity contribution is -0.120. The Morgan fingerprint density at radius 3 is 2.92 bits per heavy atom. The van der Waals surface area contributed by atoms with E-state index in [1.807, 2.05) is 29.0 Å². The molecule has 25 heavy (non-hydrogen) atoms. The fraction of sp³-hybridized carbons (Fsp3) is 0.211. The predicted octanol–water partition coefficient (Wildman–Crippen LogP) is 2.87. The van der Waals surface area contributed by atoms with E-state index in [0.717, 1.165) is 28.9 Å². The Morgan fingerprint density at radius 2 is 2.12 bits per heavy atom. The number of carbonyl (C=O) groups excluding carboxylic acids is 1. The number of ether oxygens (including phenoxy) is 1. The van der Waals surface area contributed by atoms with Crippen LogP contribution in [0.5, 0.6) is 5.75 Å². The molecule has 3 heterocycles. The van der Waals surface area contributed by atoms with Gasteiger partial charge in [0.25, 0.3) is 0 Å². The molecule has 1 aliphatic rings. The summed E-state index contributed by atoms with van der Waals surface area (Å²) in [6.45, 7) is 0.493. The van der Waals surface area contributed by atoms with Crippen molar-refractivity contribution in [2.75, 3.05) is 6.54 Å². The minimum absolute atomic E-state index is 0.0181. The normalized spacial score (nSPS) is 15.4. The van der Waals surface area contributed by atoms with Crippen LogP contribution in [0, 0.1) is 0 Å². The highest BCUT2D eigenvalue weighted by molar-refractivity contribution is 7.08. The third kappa shape index (κ3) is 3.53. The molecule has 1 atom stereocenters. The molecule has 3 aromatic rings. The summed E-state index contributed by atoms with van der Waals surface area (Å²) in [5.74, 6) is 1.50. The molecule has 6 heteroatoms. The average Bonchev–Trinajstić information content (AvgIpc) is 3.29. The second-order valence-corrected chi connectivity index (χ2v) is 6.70. The summed E-state index contributed by atoms with van der Waals surface area (Å²) in [7, 11) is 0. The third-order valence-corrected chi connectivity index (χ3v) is 4.84. The molecule has 126 valence electrons. The van der Waals surface area contributed by atoms with E-state index < -0.39 is 0 Å². The maximum absolute atomic E-state index is 12.0. The van der Waals surface area contributed by atoms with E-state index in [1.54, 1.807) is 29.8 Å². The molecular weight excluding hydrogens is 334 g/mol. The second-order valence-electron chi connectivity index (χ2n) is 5.92. The van der Waals surface area contributed by atoms with Gasteiger partial charge < -0.3 is 10.1 Å². The first-order chi connectivity index (χ1) is 12.3. The highest BCUT2D eigenvalue weighted by Crippen LogP contribution is 2.37. The van der Waals surface area contributed by atoms with Crippen molar-refractivity contribution < 1.29 is 9.53 Å². The SMILES string of the molecule is O=C(Cc1ccsc1)NCC1Cc2cccc(-c3ncccn3)c2O1. The molecular formula is C19H17N3O2S. The minimum Gasteiger partial charge on any atom is -0.487 e. The van der Waals surface area contributed by atoms with Gasteiger partial charge in [-0.3, -0.25) is 4.79 Å². The van der Waals surface area contributed by atoms with E-state index in [4.69, 9.17) is 4.74 Å². The fourth-order valence-electron chi connectivity index (χ4n) is 2.94. The third-order valence-electron chi connectivity index (χ3n) is 4.11. The van der Waals surface area contributed by atoms with Crippen molar-refractivity contribution in [1.29, 1.82) is 0 Å². The predicted molar refractivity (Wildman–Crippen MR) is 96.6 cm³/mol. The van der Waals surface area contributed by atoms with Gasteiger partial charge in [0, 0.05) is 18.8 Å². The minimum atomic E-state index is -0.0636. The quantitative estimate of drug-likeness (QED) is 0.768. The van der Waals surface area contributed by atoms with E-state index in [-0.39, 0.29) is 12.0 Å². The smallest absolute Gasteiger partial charge is 0.224 e. The van der Waals surface area contributed by atoms with Crippen LogP contribution in [-0.2, 0) is 17.6 Å². The zero-order valence-corrected chi connectivity index (χ0v) is 14.3. The van der Waals surface area contributed by atoms with Crippen LogP contribution >= 0.6 is 11.3 Å². The highest BCUT2D eigenvalue weighted by atomic mass is 32.1. The Morgan fingerprint density at radius 1 is 1.24 bits per heavy atom. The van der Waals surface area contributed by atoms with Crippen molar-refractivity contribution in [3.8, 4) is 17.1 Å². The van der Waals surface area contributed by atoms with Crippen LogP contribution in [0.15, 0.2) is 53.5 Å². The largest absolute Gasteiger partial charge is 0.487 e. The number of amides is 1. The van der Waals surface area contributed by atoms with Crippen molar-refractivity contribution >= 4 is 17.2 Å². The molecule has 1 unspecified atom stereocenters. The molecule has 0 saturated heterocycles. The first-order valence-electron chi connectivity index (χ1n) is 8.13. The van der Waals surface area contributed by atoms with Crippen molar-refractivity contribution in [2.24, 2.45) is 0 Å². The first kappa shape index (κ1) is 15.8. The Hall–Kier alpha value is -2.73. The molecule has 0 bridgehead atoms. The molecule has 2 aromatic heterocycles. The van der Waals surface area contributed by atoms with Crippen LogP contribution in [0.3, 0.4) is 0 Å². The van der Waals surface area contributed by atoms with Crippen LogP contribution in [0.2, 0.25) is 0 Å². The molecule has 0 saturated carbocycles. The summed E-state index contributed by atoms with van der Waals surface area (Å²) in [6, 6.07) is 9.77. The molecule has 1 aliphatic heterocycles. The molecule has 5 nitrogen and oxygen atoms in total. The molecule has 1 N–H and O–H groups in total. The average molecular weight is 351 g/mol. The number of thiophene rings is 1. The number of hydrogen-bond acceptors (Lipinski definition) is 5. The Kier molecular flexibility index (Phi) is 4.43. The standard InChI is InChI=1S/C19H17N3O2S/c23-17(9-13-5-8-25-12-13)22-11-15-10-14-3-1-4-16(18(14)24-15)19-20-6-2-7-21-19/h1-8,12,15H,9-11H2,(H,22,23). The van der Waals surface area contributed by atoms with Gasteiger partial charge in [0.05, 0.1) is 18.5 Å². The lowest BCUT2D eigenvalue weighted by Crippen LogP contribution is -2.35. The zero-order chi connectivity index (χ0) is 17.1. The lowest BCUT2D eigenvalue weighted by atomic mass is 10.1. The maximum atomic E-state index is 12.0. The van der Waals surface area contributed by atoms with Gasteiger partial charge in [-0.15, -0.1) is 0 Å². The number of rotatable bonds is 5. The van der Waals surface area contributed by atoms with Gasteiger partial charge in [0.2, 0.25) is 5.91 Å². The van der Waals surface area contributed by atoms with Crippen molar-refractivity contribution in [1.82, 2.24) is 15.3 Å². The van der Waals surface area contributed by atoms with Crippen LogP contribution in [-0.4, -0.2) is 28.5 Å². The number of nitrogens with one attached hydrogen (secondary N) is 1.